The maximum absolute atomic E-state index is 11.9. The number of aromatic amines is 1. The van der Waals surface area contributed by atoms with E-state index in [-0.39, 0.29) is 17.5 Å². The Balaban J connectivity index is 1.68. The standard InChI is InChI=1S/C12H14N6O/c1-7-5-14-9(6-13-7)11(19)16-12-15-10(17-18-12)8-3-2-4-8/h5-6,8H,2-4H2,1H3,(H2,15,16,17,18,19). The monoisotopic (exact) mass is 258 g/mol. The number of carbonyl (C=O) groups excluding carboxylic acids is 1. The molecule has 0 aliphatic heterocycles. The average molecular weight is 258 g/mol. The molecule has 2 aromatic heterocycles. The molecule has 2 aromatic rings. The predicted octanol–water partition coefficient (Wildman–Crippen LogP) is 1.42. The van der Waals surface area contributed by atoms with Crippen molar-refractivity contribution in [2.75, 3.05) is 5.32 Å². The molecule has 1 saturated carbocycles. The van der Waals surface area contributed by atoms with Crippen LogP contribution in [0.25, 0.3) is 0 Å². The maximum atomic E-state index is 11.9. The smallest absolute Gasteiger partial charge is 0.278 e. The van der Waals surface area contributed by atoms with Crippen molar-refractivity contribution in [3.8, 4) is 0 Å². The molecule has 1 aliphatic carbocycles. The van der Waals surface area contributed by atoms with Crippen molar-refractivity contribution in [2.45, 2.75) is 32.1 Å². The van der Waals surface area contributed by atoms with Gasteiger partial charge in [-0.05, 0) is 19.8 Å². The van der Waals surface area contributed by atoms with Gasteiger partial charge in [0.2, 0.25) is 5.95 Å². The van der Waals surface area contributed by atoms with E-state index in [1.54, 1.807) is 6.20 Å². The number of hydrogen-bond acceptors (Lipinski definition) is 5. The van der Waals surface area contributed by atoms with E-state index in [0.717, 1.165) is 24.4 Å². The number of H-pyrrole nitrogens is 1. The Morgan fingerprint density at radius 1 is 1.37 bits per heavy atom. The molecule has 7 heteroatoms. The van der Waals surface area contributed by atoms with E-state index in [4.69, 9.17) is 0 Å². The van der Waals surface area contributed by atoms with Gasteiger partial charge in [0.15, 0.2) is 0 Å². The van der Waals surface area contributed by atoms with E-state index in [2.05, 4.69) is 30.5 Å². The van der Waals surface area contributed by atoms with Gasteiger partial charge in [0.1, 0.15) is 11.5 Å². The van der Waals surface area contributed by atoms with E-state index >= 15 is 0 Å². The van der Waals surface area contributed by atoms with Gasteiger partial charge in [-0.25, -0.2) is 4.98 Å². The first kappa shape index (κ1) is 11.8. The van der Waals surface area contributed by atoms with Crippen LogP contribution in [0, 0.1) is 6.92 Å². The number of aromatic nitrogens is 5. The number of amides is 1. The van der Waals surface area contributed by atoms with E-state index in [9.17, 15) is 4.79 Å². The number of aryl methyl sites for hydroxylation is 1. The van der Waals surface area contributed by atoms with Crippen LogP contribution in [0.5, 0.6) is 0 Å². The summed E-state index contributed by atoms with van der Waals surface area (Å²) in [6, 6.07) is 0. The summed E-state index contributed by atoms with van der Waals surface area (Å²) in [5, 5.41) is 9.45. The lowest BCUT2D eigenvalue weighted by Gasteiger charge is -2.22. The largest absolute Gasteiger partial charge is 0.288 e. The van der Waals surface area contributed by atoms with Crippen molar-refractivity contribution in [3.05, 3.63) is 29.6 Å². The van der Waals surface area contributed by atoms with E-state index < -0.39 is 0 Å². The Hall–Kier alpha value is -2.31. The molecule has 1 amide bonds. The second-order valence-corrected chi connectivity index (χ2v) is 4.67. The fourth-order valence-electron chi connectivity index (χ4n) is 1.87. The number of rotatable bonds is 3. The molecule has 0 radical (unpaired) electrons. The first-order chi connectivity index (χ1) is 9.22. The third kappa shape index (κ3) is 2.44. The number of nitrogens with one attached hydrogen (secondary N) is 2. The molecule has 0 bridgehead atoms. The zero-order chi connectivity index (χ0) is 13.2. The highest BCUT2D eigenvalue weighted by Crippen LogP contribution is 2.34. The van der Waals surface area contributed by atoms with Gasteiger partial charge in [0.05, 0.1) is 11.9 Å². The van der Waals surface area contributed by atoms with Gasteiger partial charge in [-0.15, -0.1) is 5.10 Å². The highest BCUT2D eigenvalue weighted by Gasteiger charge is 2.23. The Morgan fingerprint density at radius 3 is 2.84 bits per heavy atom. The summed E-state index contributed by atoms with van der Waals surface area (Å²) in [7, 11) is 0. The van der Waals surface area contributed by atoms with E-state index in [1.165, 1.54) is 12.6 Å². The highest BCUT2D eigenvalue weighted by atomic mass is 16.2. The second-order valence-electron chi connectivity index (χ2n) is 4.67. The lowest BCUT2D eigenvalue weighted by molar-refractivity contribution is 0.102. The van der Waals surface area contributed by atoms with E-state index in [0.29, 0.717) is 5.92 Å². The van der Waals surface area contributed by atoms with Crippen molar-refractivity contribution in [1.82, 2.24) is 25.1 Å². The van der Waals surface area contributed by atoms with E-state index in [1.807, 2.05) is 6.92 Å². The third-order valence-electron chi connectivity index (χ3n) is 3.23. The second kappa shape index (κ2) is 4.75. The quantitative estimate of drug-likeness (QED) is 0.867. The Kier molecular flexibility index (Phi) is 2.94. The first-order valence-corrected chi connectivity index (χ1v) is 6.24. The molecule has 0 aromatic carbocycles. The van der Waals surface area contributed by atoms with Crippen LogP contribution in [-0.2, 0) is 0 Å². The van der Waals surface area contributed by atoms with Crippen LogP contribution in [-0.4, -0.2) is 31.1 Å². The molecule has 2 heterocycles. The minimum atomic E-state index is -0.355. The van der Waals surface area contributed by atoms with Crippen molar-refractivity contribution in [3.63, 3.8) is 0 Å². The van der Waals surface area contributed by atoms with Crippen molar-refractivity contribution in [1.29, 1.82) is 0 Å². The number of hydrogen-bond donors (Lipinski definition) is 2. The lowest BCUT2D eigenvalue weighted by Crippen LogP contribution is -2.15. The predicted molar refractivity (Wildman–Crippen MR) is 67.7 cm³/mol. The number of nitrogens with zero attached hydrogens (tertiary/aromatic N) is 4. The van der Waals surface area contributed by atoms with Crippen molar-refractivity contribution < 1.29 is 4.79 Å². The molecule has 0 atom stereocenters. The first-order valence-electron chi connectivity index (χ1n) is 6.24. The van der Waals surface area contributed by atoms with Crippen LogP contribution in [0.15, 0.2) is 12.4 Å². The van der Waals surface area contributed by atoms with Gasteiger partial charge in [-0.2, -0.15) is 4.98 Å². The van der Waals surface area contributed by atoms with Crippen LogP contribution < -0.4 is 5.32 Å². The van der Waals surface area contributed by atoms with Gasteiger partial charge in [0.25, 0.3) is 5.91 Å². The van der Waals surface area contributed by atoms with Gasteiger partial charge < -0.3 is 0 Å². The molecular weight excluding hydrogens is 244 g/mol. The topological polar surface area (TPSA) is 96.5 Å². The maximum Gasteiger partial charge on any atom is 0.278 e. The molecule has 98 valence electrons. The van der Waals surface area contributed by atoms with Crippen LogP contribution in [0.3, 0.4) is 0 Å². The van der Waals surface area contributed by atoms with Crippen LogP contribution in [0.2, 0.25) is 0 Å². The molecule has 1 aliphatic rings. The summed E-state index contributed by atoms with van der Waals surface area (Å²) in [6.07, 6.45) is 6.47. The molecule has 0 spiro atoms. The average Bonchev–Trinajstić information content (AvgIpc) is 2.76. The van der Waals surface area contributed by atoms with Crippen molar-refractivity contribution in [2.24, 2.45) is 0 Å². The Morgan fingerprint density at radius 2 is 2.21 bits per heavy atom. The fraction of sp³-hybridized carbons (Fsp3) is 0.417. The summed E-state index contributed by atoms with van der Waals surface area (Å²) in [5.74, 6) is 1.23. The lowest BCUT2D eigenvalue weighted by atomic mass is 9.85. The number of anilines is 1. The van der Waals surface area contributed by atoms with Gasteiger partial charge in [0, 0.05) is 12.1 Å². The van der Waals surface area contributed by atoms with Gasteiger partial charge in [-0.1, -0.05) is 6.42 Å². The fourth-order valence-corrected chi connectivity index (χ4v) is 1.87. The Labute approximate surface area is 109 Å². The minimum Gasteiger partial charge on any atom is -0.288 e. The summed E-state index contributed by atoms with van der Waals surface area (Å²) < 4.78 is 0. The SMILES string of the molecule is Cc1cnc(C(=O)Nc2n[nH]c(C3CCC3)n2)cn1. The summed E-state index contributed by atoms with van der Waals surface area (Å²) in [5.41, 5.74) is 1.02. The van der Waals surface area contributed by atoms with Crippen LogP contribution in [0.4, 0.5) is 5.95 Å². The molecule has 0 unspecified atom stereocenters. The molecule has 7 nitrogen and oxygen atoms in total. The highest BCUT2D eigenvalue weighted by molar-refractivity contribution is 6.01. The third-order valence-corrected chi connectivity index (χ3v) is 3.23. The molecular formula is C12H14N6O. The van der Waals surface area contributed by atoms with Gasteiger partial charge >= 0.3 is 0 Å². The van der Waals surface area contributed by atoms with Gasteiger partial charge in [-0.3, -0.25) is 20.2 Å². The zero-order valence-corrected chi connectivity index (χ0v) is 10.6. The molecule has 19 heavy (non-hydrogen) atoms. The van der Waals surface area contributed by atoms with Crippen LogP contribution in [0.1, 0.15) is 47.2 Å². The summed E-state index contributed by atoms with van der Waals surface area (Å²) in [4.78, 5) is 24.2. The van der Waals surface area contributed by atoms with Crippen LogP contribution >= 0.6 is 0 Å². The summed E-state index contributed by atoms with van der Waals surface area (Å²) >= 11 is 0. The molecule has 2 N–H and O–H groups in total. The zero-order valence-electron chi connectivity index (χ0n) is 10.6. The Bertz CT molecular complexity index is 587. The molecule has 1 fully saturated rings. The number of carbonyl (C=O) groups is 1. The molecule has 3 rings (SSSR count). The van der Waals surface area contributed by atoms with Crippen molar-refractivity contribution >= 4 is 11.9 Å². The summed E-state index contributed by atoms with van der Waals surface area (Å²) in [6.45, 7) is 1.81. The normalized spacial score (nSPS) is 15.0. The molecule has 0 saturated heterocycles. The minimum absolute atomic E-state index is 0.251.